The van der Waals surface area contributed by atoms with Gasteiger partial charge in [0.15, 0.2) is 0 Å². The molecule has 10 heteroatoms. The number of carbonyl (C=O) groups is 1. The van der Waals surface area contributed by atoms with Crippen molar-refractivity contribution in [3.63, 3.8) is 0 Å². The third-order valence-corrected chi connectivity index (χ3v) is 7.83. The highest BCUT2D eigenvalue weighted by Gasteiger charge is 2.27. The molecule has 1 aliphatic heterocycles. The van der Waals surface area contributed by atoms with E-state index in [1.807, 2.05) is 45.2 Å². The molecule has 0 bridgehead atoms. The van der Waals surface area contributed by atoms with E-state index in [1.165, 1.54) is 34.1 Å². The first kappa shape index (κ1) is 29.7. The molecule has 42 heavy (non-hydrogen) atoms. The van der Waals surface area contributed by atoms with E-state index in [-0.39, 0.29) is 23.3 Å². The number of benzene rings is 2. The fourth-order valence-corrected chi connectivity index (χ4v) is 5.78. The Balaban J connectivity index is 1.80. The number of pyridine rings is 1. The lowest BCUT2D eigenvalue weighted by atomic mass is 10.0. The quantitative estimate of drug-likeness (QED) is 0.254. The van der Waals surface area contributed by atoms with Crippen molar-refractivity contribution in [3.8, 4) is 33.3 Å². The largest absolute Gasteiger partial charge is 0.489 e. The number of carbonyl (C=O) groups excluding carboxylic acids is 1. The number of hydrogen-bond donors (Lipinski definition) is 1. The summed E-state index contributed by atoms with van der Waals surface area (Å²) in [6, 6.07) is 13.0. The fraction of sp³-hybridized carbons (Fsp3) is 0.281. The molecule has 0 radical (unpaired) electrons. The number of nitrogens with zero attached hydrogens (tertiary/aromatic N) is 3. The van der Waals surface area contributed by atoms with Crippen LogP contribution in [0.5, 0.6) is 5.75 Å². The SMILES string of the molecule is CC(C)=Cc1c(C(=O)N2CCNCC2)cc(-c2nc(-c3ccc(Cl)cc3)cs2)c(=O)n1-c1cc(F)ccc1OC(C)C. The molecule has 1 N–H and O–H groups in total. The van der Waals surface area contributed by atoms with Gasteiger partial charge in [-0.1, -0.05) is 29.3 Å². The van der Waals surface area contributed by atoms with Crippen LogP contribution in [0.2, 0.25) is 5.02 Å². The van der Waals surface area contributed by atoms with Crippen LogP contribution in [0.3, 0.4) is 0 Å². The van der Waals surface area contributed by atoms with Crippen molar-refractivity contribution in [2.45, 2.75) is 33.8 Å². The molecule has 0 aliphatic carbocycles. The molecule has 2 aromatic carbocycles. The standard InChI is InChI=1S/C32H32ClFN4O3S/c1-19(2)15-27-24(31(39)37-13-11-35-12-14-37)17-25(30-36-26(18-42-30)21-5-7-22(33)8-6-21)32(40)38(27)28-16-23(34)9-10-29(28)41-20(3)4/h5-10,15-18,20,35H,11-14H2,1-4H3. The highest BCUT2D eigenvalue weighted by molar-refractivity contribution is 7.13. The van der Waals surface area contributed by atoms with Crippen molar-refractivity contribution < 1.29 is 13.9 Å². The third kappa shape index (κ3) is 6.33. The van der Waals surface area contributed by atoms with Crippen molar-refractivity contribution in [1.82, 2.24) is 19.8 Å². The molecule has 0 saturated carbocycles. The monoisotopic (exact) mass is 606 g/mol. The minimum Gasteiger partial charge on any atom is -0.489 e. The summed E-state index contributed by atoms with van der Waals surface area (Å²) < 4.78 is 22.2. The van der Waals surface area contributed by atoms with E-state index < -0.39 is 11.4 Å². The van der Waals surface area contributed by atoms with Gasteiger partial charge in [0.2, 0.25) is 0 Å². The second kappa shape index (κ2) is 12.6. The van der Waals surface area contributed by atoms with Gasteiger partial charge in [0.25, 0.3) is 11.5 Å². The lowest BCUT2D eigenvalue weighted by Crippen LogP contribution is -2.47. The average molecular weight is 607 g/mol. The van der Waals surface area contributed by atoms with Gasteiger partial charge in [0.05, 0.1) is 34.3 Å². The van der Waals surface area contributed by atoms with Gasteiger partial charge in [-0.15, -0.1) is 11.3 Å². The molecule has 0 atom stereocenters. The number of halogens is 2. The Bertz CT molecular complexity index is 1700. The lowest BCUT2D eigenvalue weighted by molar-refractivity contribution is 0.0735. The number of thiazole rings is 1. The van der Waals surface area contributed by atoms with Crippen LogP contribution >= 0.6 is 22.9 Å². The molecule has 7 nitrogen and oxygen atoms in total. The second-order valence-electron chi connectivity index (χ2n) is 10.6. The average Bonchev–Trinajstić information content (AvgIpc) is 3.44. The van der Waals surface area contributed by atoms with E-state index >= 15 is 0 Å². The Morgan fingerprint density at radius 1 is 1.12 bits per heavy atom. The Hall–Kier alpha value is -3.79. The summed E-state index contributed by atoms with van der Waals surface area (Å²) in [5.74, 6) is -0.414. The van der Waals surface area contributed by atoms with E-state index in [2.05, 4.69) is 5.32 Å². The zero-order valence-corrected chi connectivity index (χ0v) is 25.5. The maximum Gasteiger partial charge on any atom is 0.266 e. The van der Waals surface area contributed by atoms with Gasteiger partial charge in [-0.05, 0) is 64.1 Å². The second-order valence-corrected chi connectivity index (χ2v) is 11.9. The minimum absolute atomic E-state index is 0.212. The van der Waals surface area contributed by atoms with Crippen molar-refractivity contribution in [2.75, 3.05) is 26.2 Å². The third-order valence-electron chi connectivity index (χ3n) is 6.70. The van der Waals surface area contributed by atoms with E-state index in [1.54, 1.807) is 29.2 Å². The number of allylic oxidation sites excluding steroid dienone is 1. The molecule has 1 aliphatic rings. The van der Waals surface area contributed by atoms with Crippen LogP contribution in [-0.2, 0) is 0 Å². The first-order valence-corrected chi connectivity index (χ1v) is 15.0. The van der Waals surface area contributed by atoms with Gasteiger partial charge < -0.3 is 15.0 Å². The molecule has 3 heterocycles. The first-order valence-electron chi connectivity index (χ1n) is 13.8. The van der Waals surface area contributed by atoms with Crippen molar-refractivity contribution in [2.24, 2.45) is 0 Å². The lowest BCUT2D eigenvalue weighted by Gasteiger charge is -2.29. The van der Waals surface area contributed by atoms with Crippen LogP contribution in [0.15, 0.2) is 64.3 Å². The van der Waals surface area contributed by atoms with Gasteiger partial charge in [-0.2, -0.15) is 0 Å². The Kier molecular flexibility index (Phi) is 8.91. The van der Waals surface area contributed by atoms with Gasteiger partial charge in [0, 0.05) is 48.2 Å². The van der Waals surface area contributed by atoms with Crippen LogP contribution in [0.4, 0.5) is 4.39 Å². The number of piperazine rings is 1. The summed E-state index contributed by atoms with van der Waals surface area (Å²) in [6.07, 6.45) is 1.55. The normalized spacial score (nSPS) is 13.4. The number of ether oxygens (including phenoxy) is 1. The topological polar surface area (TPSA) is 76.5 Å². The Morgan fingerprint density at radius 3 is 2.50 bits per heavy atom. The summed E-state index contributed by atoms with van der Waals surface area (Å²) in [5.41, 5.74) is 3.10. The predicted octanol–water partition coefficient (Wildman–Crippen LogP) is 6.68. The maximum atomic E-state index is 14.8. The van der Waals surface area contributed by atoms with E-state index in [9.17, 15) is 14.0 Å². The van der Waals surface area contributed by atoms with E-state index in [0.29, 0.717) is 58.9 Å². The molecule has 0 spiro atoms. The summed E-state index contributed by atoms with van der Waals surface area (Å²) in [6.45, 7) is 9.89. The highest BCUT2D eigenvalue weighted by Crippen LogP contribution is 2.33. The van der Waals surface area contributed by atoms with Crippen LogP contribution in [0.25, 0.3) is 33.6 Å². The maximum absolute atomic E-state index is 14.8. The van der Waals surface area contributed by atoms with Gasteiger partial charge in [-0.3, -0.25) is 14.2 Å². The number of rotatable bonds is 7. The molecule has 1 fully saturated rings. The zero-order valence-electron chi connectivity index (χ0n) is 23.9. The fourth-order valence-electron chi connectivity index (χ4n) is 4.82. The number of hydrogen-bond acceptors (Lipinski definition) is 6. The molecule has 0 unspecified atom stereocenters. The zero-order chi connectivity index (χ0) is 30.0. The molecule has 1 saturated heterocycles. The van der Waals surface area contributed by atoms with Gasteiger partial charge >= 0.3 is 0 Å². The summed E-state index contributed by atoms with van der Waals surface area (Å²) in [5, 5.41) is 6.18. The molecule has 2 aromatic heterocycles. The van der Waals surface area contributed by atoms with Crippen molar-refractivity contribution >= 4 is 34.9 Å². The molecule has 4 aromatic rings. The Labute approximate surface area is 253 Å². The number of aromatic nitrogens is 2. The van der Waals surface area contributed by atoms with E-state index in [4.69, 9.17) is 21.3 Å². The molecular weight excluding hydrogens is 575 g/mol. The van der Waals surface area contributed by atoms with E-state index in [0.717, 1.165) is 11.1 Å². The highest BCUT2D eigenvalue weighted by atomic mass is 35.5. The van der Waals surface area contributed by atoms with Crippen molar-refractivity contribution in [3.05, 3.63) is 91.9 Å². The molecule has 5 rings (SSSR count). The first-order chi connectivity index (χ1) is 20.1. The van der Waals surface area contributed by atoms with Crippen LogP contribution in [0, 0.1) is 5.82 Å². The van der Waals surface area contributed by atoms with Crippen molar-refractivity contribution in [1.29, 1.82) is 0 Å². The predicted molar refractivity (Wildman–Crippen MR) is 167 cm³/mol. The summed E-state index contributed by atoms with van der Waals surface area (Å²) in [7, 11) is 0. The smallest absolute Gasteiger partial charge is 0.266 e. The van der Waals surface area contributed by atoms with Gasteiger partial charge in [0.1, 0.15) is 16.6 Å². The molecule has 218 valence electrons. The summed E-state index contributed by atoms with van der Waals surface area (Å²) >= 11 is 7.37. The number of amides is 1. The Morgan fingerprint density at radius 2 is 1.83 bits per heavy atom. The minimum atomic E-state index is -0.532. The number of nitrogens with one attached hydrogen (secondary N) is 1. The molecule has 1 amide bonds. The van der Waals surface area contributed by atoms with Gasteiger partial charge in [-0.25, -0.2) is 9.37 Å². The van der Waals surface area contributed by atoms with Crippen LogP contribution < -0.4 is 15.6 Å². The molecular formula is C32H32ClFN4O3S. The van der Waals surface area contributed by atoms with Crippen LogP contribution in [-0.4, -0.2) is 52.6 Å². The van der Waals surface area contributed by atoms with Crippen LogP contribution in [0.1, 0.15) is 43.7 Å². The summed E-state index contributed by atoms with van der Waals surface area (Å²) in [4.78, 5) is 35.1.